The number of benzene rings is 2. The summed E-state index contributed by atoms with van der Waals surface area (Å²) in [7, 11) is -3.42. The molecule has 0 aromatic heterocycles. The van der Waals surface area contributed by atoms with E-state index in [2.05, 4.69) is 10.6 Å². The van der Waals surface area contributed by atoms with Crippen molar-refractivity contribution in [3.63, 3.8) is 0 Å². The highest BCUT2D eigenvalue weighted by molar-refractivity contribution is 14.1. The molecule has 0 spiro atoms. The van der Waals surface area contributed by atoms with Crippen LogP contribution in [0.25, 0.3) is 0 Å². The van der Waals surface area contributed by atoms with E-state index in [0.29, 0.717) is 15.7 Å². The summed E-state index contributed by atoms with van der Waals surface area (Å²) in [6, 6.07) is 4.85. The number of hydrogen-bond donors (Lipinski definition) is 2. The number of aryl methyl sites for hydroxylation is 1. The number of carbonyl (C=O) groups excluding carboxylic acids is 2. The third-order valence-corrected chi connectivity index (χ3v) is 7.01. The number of anilines is 1. The zero-order chi connectivity index (χ0) is 28.6. The van der Waals surface area contributed by atoms with Crippen molar-refractivity contribution in [2.75, 3.05) is 17.3 Å². The Bertz CT molecular complexity index is 1310. The highest BCUT2D eigenvalue weighted by atomic mass is 127. The first kappa shape index (κ1) is 30.8. The van der Waals surface area contributed by atoms with Gasteiger partial charge in [0.1, 0.15) is 9.84 Å². The van der Waals surface area contributed by atoms with Crippen LogP contribution < -0.4 is 10.6 Å². The van der Waals surface area contributed by atoms with Crippen LogP contribution in [0.1, 0.15) is 38.8 Å². The molecule has 15 heteroatoms. The SMILES string of the molecule is Cc1cc(C(F)(F)C(F)(F)C(F)(F)F)ccc1NC(=O)c1cccc(I)c1C(=O)NC(C)CS(C)(=O)=O. The molecule has 2 rings (SSSR count). The molecule has 0 heterocycles. The van der Waals surface area contributed by atoms with Crippen molar-refractivity contribution >= 4 is 49.9 Å². The summed E-state index contributed by atoms with van der Waals surface area (Å²) in [6.07, 6.45) is -5.52. The van der Waals surface area contributed by atoms with E-state index in [4.69, 9.17) is 0 Å². The third-order valence-electron chi connectivity index (χ3n) is 5.00. The summed E-state index contributed by atoms with van der Waals surface area (Å²) in [4.78, 5) is 25.7. The molecule has 0 aliphatic carbocycles. The van der Waals surface area contributed by atoms with Crippen molar-refractivity contribution in [3.05, 3.63) is 62.2 Å². The van der Waals surface area contributed by atoms with Gasteiger partial charge in [0.25, 0.3) is 11.8 Å². The number of nitrogens with one attached hydrogen (secondary N) is 2. The summed E-state index contributed by atoms with van der Waals surface area (Å²) in [5.41, 5.74) is -2.35. The molecule has 0 aliphatic heterocycles. The standard InChI is InChI=1S/C22H20F7IN2O4S/c1-11-9-13(20(23,24)21(25,26)22(27,28)29)7-8-16(11)32-18(33)14-5-4-6-15(30)17(14)19(34)31-12(2)10-37(3,35)36/h4-9,12H,10H2,1-3H3,(H,31,34)(H,32,33). The van der Waals surface area contributed by atoms with Gasteiger partial charge in [-0.25, -0.2) is 8.42 Å². The Kier molecular flexibility index (Phi) is 8.94. The monoisotopic (exact) mass is 668 g/mol. The van der Waals surface area contributed by atoms with Gasteiger partial charge in [0.15, 0.2) is 0 Å². The number of halogens is 8. The molecule has 0 saturated carbocycles. The molecule has 37 heavy (non-hydrogen) atoms. The lowest BCUT2D eigenvalue weighted by atomic mass is 9.98. The smallest absolute Gasteiger partial charge is 0.349 e. The zero-order valence-corrected chi connectivity index (χ0v) is 22.3. The number of hydrogen-bond acceptors (Lipinski definition) is 4. The Hall–Kier alpha value is -2.43. The minimum atomic E-state index is -6.50. The quantitative estimate of drug-likeness (QED) is 0.295. The lowest BCUT2D eigenvalue weighted by Gasteiger charge is -2.28. The second-order valence-corrected chi connectivity index (χ2v) is 11.6. The highest BCUT2D eigenvalue weighted by Gasteiger charge is 2.73. The molecule has 0 aliphatic rings. The molecule has 2 N–H and O–H groups in total. The molecule has 2 aromatic carbocycles. The van der Waals surface area contributed by atoms with E-state index in [9.17, 15) is 48.7 Å². The molecule has 0 fully saturated rings. The molecule has 2 amide bonds. The number of rotatable bonds is 8. The van der Waals surface area contributed by atoms with E-state index in [0.717, 1.165) is 19.2 Å². The molecule has 1 unspecified atom stereocenters. The lowest BCUT2D eigenvalue weighted by Crippen LogP contribution is -2.50. The van der Waals surface area contributed by atoms with Gasteiger partial charge in [-0.15, -0.1) is 0 Å². The van der Waals surface area contributed by atoms with Crippen LogP contribution in [0, 0.1) is 10.5 Å². The second kappa shape index (κ2) is 10.7. The predicted molar refractivity (Wildman–Crippen MR) is 130 cm³/mol. The Balaban J connectivity index is 2.36. The molecule has 0 saturated heterocycles. The number of carbonyl (C=O) groups is 2. The summed E-state index contributed by atoms with van der Waals surface area (Å²) in [5, 5.41) is 4.78. The maximum absolute atomic E-state index is 14.0. The molecule has 0 radical (unpaired) electrons. The maximum atomic E-state index is 14.0. The van der Waals surface area contributed by atoms with Gasteiger partial charge in [-0.1, -0.05) is 12.1 Å². The lowest BCUT2D eigenvalue weighted by molar-refractivity contribution is -0.359. The highest BCUT2D eigenvalue weighted by Crippen LogP contribution is 2.52. The van der Waals surface area contributed by atoms with E-state index in [1.54, 1.807) is 22.6 Å². The number of amides is 2. The van der Waals surface area contributed by atoms with Crippen molar-refractivity contribution in [1.82, 2.24) is 5.32 Å². The van der Waals surface area contributed by atoms with Crippen LogP contribution in [0.2, 0.25) is 0 Å². The fourth-order valence-corrected chi connectivity index (χ4v) is 5.02. The Morgan fingerprint density at radius 3 is 2.11 bits per heavy atom. The van der Waals surface area contributed by atoms with Crippen LogP contribution >= 0.6 is 22.6 Å². The van der Waals surface area contributed by atoms with E-state index in [1.165, 1.54) is 25.1 Å². The van der Waals surface area contributed by atoms with E-state index >= 15 is 0 Å². The Morgan fingerprint density at radius 1 is 1.00 bits per heavy atom. The van der Waals surface area contributed by atoms with Crippen LogP contribution in [0.4, 0.5) is 36.4 Å². The normalized spacial score (nSPS) is 13.7. The van der Waals surface area contributed by atoms with E-state index < -0.39 is 51.3 Å². The van der Waals surface area contributed by atoms with E-state index in [1.807, 2.05) is 0 Å². The van der Waals surface area contributed by atoms with Crippen LogP contribution in [0.15, 0.2) is 36.4 Å². The summed E-state index contributed by atoms with van der Waals surface area (Å²) >= 11 is 1.77. The van der Waals surface area contributed by atoms with E-state index in [-0.39, 0.29) is 28.1 Å². The maximum Gasteiger partial charge on any atom is 0.460 e. The average Bonchev–Trinajstić information content (AvgIpc) is 2.72. The largest absolute Gasteiger partial charge is 0.460 e. The van der Waals surface area contributed by atoms with Crippen molar-refractivity contribution in [2.45, 2.75) is 37.9 Å². The fraction of sp³-hybridized carbons (Fsp3) is 0.364. The van der Waals surface area contributed by atoms with Gasteiger partial charge in [0.2, 0.25) is 0 Å². The van der Waals surface area contributed by atoms with Crippen LogP contribution in [0.5, 0.6) is 0 Å². The molecular formula is C22H20F7IN2O4S. The minimum Gasteiger partial charge on any atom is -0.349 e. The summed E-state index contributed by atoms with van der Waals surface area (Å²) in [6.45, 7) is 2.55. The van der Waals surface area contributed by atoms with Gasteiger partial charge in [-0.05, 0) is 66.3 Å². The van der Waals surface area contributed by atoms with Crippen molar-refractivity contribution < 1.29 is 48.7 Å². The van der Waals surface area contributed by atoms with Crippen molar-refractivity contribution in [2.24, 2.45) is 0 Å². The van der Waals surface area contributed by atoms with Crippen LogP contribution in [-0.2, 0) is 15.8 Å². The van der Waals surface area contributed by atoms with Crippen molar-refractivity contribution in [3.8, 4) is 0 Å². The van der Waals surface area contributed by atoms with Crippen LogP contribution in [-0.4, -0.2) is 50.4 Å². The Morgan fingerprint density at radius 2 is 1.59 bits per heavy atom. The first-order valence-electron chi connectivity index (χ1n) is 10.2. The molecule has 2 aromatic rings. The van der Waals surface area contributed by atoms with Crippen molar-refractivity contribution in [1.29, 1.82) is 0 Å². The van der Waals surface area contributed by atoms with Crippen LogP contribution in [0.3, 0.4) is 0 Å². The van der Waals surface area contributed by atoms with Gasteiger partial charge in [0, 0.05) is 27.1 Å². The molecule has 204 valence electrons. The molecule has 0 bridgehead atoms. The third kappa shape index (κ3) is 6.91. The van der Waals surface area contributed by atoms with Gasteiger partial charge in [-0.3, -0.25) is 9.59 Å². The average molecular weight is 668 g/mol. The van der Waals surface area contributed by atoms with Gasteiger partial charge < -0.3 is 10.6 Å². The second-order valence-electron chi connectivity index (χ2n) is 8.26. The summed E-state index contributed by atoms with van der Waals surface area (Å²) in [5.74, 6) is -14.0. The molecule has 6 nitrogen and oxygen atoms in total. The van der Waals surface area contributed by atoms with Gasteiger partial charge >= 0.3 is 18.0 Å². The summed E-state index contributed by atoms with van der Waals surface area (Å²) < 4.78 is 116. The molecule has 1 atom stereocenters. The molecular weight excluding hydrogens is 648 g/mol. The number of alkyl halides is 7. The first-order chi connectivity index (χ1) is 16.7. The van der Waals surface area contributed by atoms with Gasteiger partial charge in [-0.2, -0.15) is 30.7 Å². The predicted octanol–water partition coefficient (Wildman–Crippen LogP) is 5.30. The Labute approximate surface area is 221 Å². The number of sulfone groups is 1. The fourth-order valence-electron chi connectivity index (χ4n) is 3.28. The minimum absolute atomic E-state index is 0.119. The zero-order valence-electron chi connectivity index (χ0n) is 19.3. The first-order valence-corrected chi connectivity index (χ1v) is 13.3. The topological polar surface area (TPSA) is 92.3 Å². The van der Waals surface area contributed by atoms with Gasteiger partial charge in [0.05, 0.1) is 16.9 Å².